The van der Waals surface area contributed by atoms with Gasteiger partial charge in [0, 0.05) is 37.3 Å². The number of aromatic nitrogens is 2. The highest BCUT2D eigenvalue weighted by Crippen LogP contribution is 2.28. The molecule has 1 fully saturated rings. The summed E-state index contributed by atoms with van der Waals surface area (Å²) < 4.78 is 1.86. The third-order valence-corrected chi connectivity index (χ3v) is 4.42. The molecule has 0 aliphatic carbocycles. The highest BCUT2D eigenvalue weighted by atomic mass is 35.5. The number of carbonyl (C=O) groups is 2. The van der Waals surface area contributed by atoms with Gasteiger partial charge in [0.15, 0.2) is 0 Å². The first kappa shape index (κ1) is 17.5. The maximum absolute atomic E-state index is 12.5. The maximum Gasteiger partial charge on any atom is 0.253 e. The third-order valence-electron chi connectivity index (χ3n) is 4.18. The summed E-state index contributed by atoms with van der Waals surface area (Å²) in [5.41, 5.74) is 2.19. The van der Waals surface area contributed by atoms with Crippen molar-refractivity contribution in [1.29, 1.82) is 0 Å². The van der Waals surface area contributed by atoms with Gasteiger partial charge in [0.25, 0.3) is 5.91 Å². The zero-order valence-corrected chi connectivity index (χ0v) is 14.9. The second-order valence-corrected chi connectivity index (χ2v) is 6.64. The van der Waals surface area contributed by atoms with Crippen molar-refractivity contribution in [1.82, 2.24) is 15.1 Å². The van der Waals surface area contributed by atoms with Crippen molar-refractivity contribution in [2.75, 3.05) is 18.0 Å². The highest BCUT2D eigenvalue weighted by molar-refractivity contribution is 6.31. The Kier molecular flexibility index (Phi) is 5.38. The molecule has 25 heavy (non-hydrogen) atoms. The Morgan fingerprint density at radius 1 is 1.40 bits per heavy atom. The van der Waals surface area contributed by atoms with Crippen LogP contribution < -0.4 is 10.2 Å². The molecule has 1 aliphatic rings. The molecule has 0 radical (unpaired) electrons. The maximum atomic E-state index is 12.5. The summed E-state index contributed by atoms with van der Waals surface area (Å²) in [5, 5.41) is 7.65. The average Bonchev–Trinajstić information content (AvgIpc) is 3.19. The van der Waals surface area contributed by atoms with E-state index in [2.05, 4.69) is 10.4 Å². The SMILES string of the molecule is Cc1cnn(CCCNC(=O)c2ccc(Cl)cc2N2CCCC2=O)c1. The molecule has 1 saturated heterocycles. The molecular weight excluding hydrogens is 340 g/mol. The predicted octanol–water partition coefficient (Wildman–Crippen LogP) is 2.79. The molecule has 132 valence electrons. The van der Waals surface area contributed by atoms with Crippen LogP contribution in [0.1, 0.15) is 35.2 Å². The van der Waals surface area contributed by atoms with Crippen molar-refractivity contribution in [3.05, 3.63) is 46.7 Å². The lowest BCUT2D eigenvalue weighted by atomic mass is 10.1. The van der Waals surface area contributed by atoms with Gasteiger partial charge in [0.2, 0.25) is 5.91 Å². The predicted molar refractivity (Wildman–Crippen MR) is 97.0 cm³/mol. The lowest BCUT2D eigenvalue weighted by Crippen LogP contribution is -2.30. The van der Waals surface area contributed by atoms with Gasteiger partial charge in [-0.3, -0.25) is 14.3 Å². The van der Waals surface area contributed by atoms with Crippen LogP contribution in [0.2, 0.25) is 5.02 Å². The minimum Gasteiger partial charge on any atom is -0.352 e. The zero-order chi connectivity index (χ0) is 17.8. The number of aryl methyl sites for hydroxylation is 2. The quantitative estimate of drug-likeness (QED) is 0.805. The van der Waals surface area contributed by atoms with E-state index in [1.54, 1.807) is 23.1 Å². The minimum atomic E-state index is -0.192. The van der Waals surface area contributed by atoms with E-state index in [0.717, 1.165) is 24.9 Å². The van der Waals surface area contributed by atoms with Crippen LogP contribution in [-0.4, -0.2) is 34.7 Å². The van der Waals surface area contributed by atoms with Gasteiger partial charge in [0.05, 0.1) is 17.4 Å². The van der Waals surface area contributed by atoms with Crippen LogP contribution in [0.4, 0.5) is 5.69 Å². The van der Waals surface area contributed by atoms with E-state index in [4.69, 9.17) is 11.6 Å². The van der Waals surface area contributed by atoms with Crippen LogP contribution in [-0.2, 0) is 11.3 Å². The van der Waals surface area contributed by atoms with E-state index >= 15 is 0 Å². The molecule has 2 heterocycles. The van der Waals surface area contributed by atoms with Gasteiger partial charge in [-0.15, -0.1) is 0 Å². The first-order valence-corrected chi connectivity index (χ1v) is 8.79. The minimum absolute atomic E-state index is 0.0327. The van der Waals surface area contributed by atoms with Crippen molar-refractivity contribution in [3.63, 3.8) is 0 Å². The standard InChI is InChI=1S/C18H21ClN4O2/c1-13-11-21-22(12-13)8-3-7-20-18(25)15-6-5-14(19)10-16(15)23-9-2-4-17(23)24/h5-6,10-12H,2-4,7-9H2,1H3,(H,20,25). The molecule has 6 nitrogen and oxygen atoms in total. The molecule has 0 bridgehead atoms. The van der Waals surface area contributed by atoms with Crippen LogP contribution >= 0.6 is 11.6 Å². The zero-order valence-electron chi connectivity index (χ0n) is 14.2. The molecule has 0 saturated carbocycles. The smallest absolute Gasteiger partial charge is 0.253 e. The third kappa shape index (κ3) is 4.20. The molecule has 3 rings (SSSR count). The summed E-state index contributed by atoms with van der Waals surface area (Å²) in [7, 11) is 0. The van der Waals surface area contributed by atoms with Crippen LogP contribution in [0.3, 0.4) is 0 Å². The van der Waals surface area contributed by atoms with Gasteiger partial charge in [-0.25, -0.2) is 0 Å². The Morgan fingerprint density at radius 2 is 2.24 bits per heavy atom. The first-order chi connectivity index (χ1) is 12.0. The Hall–Kier alpha value is -2.34. The fourth-order valence-corrected chi connectivity index (χ4v) is 3.12. The van der Waals surface area contributed by atoms with E-state index in [9.17, 15) is 9.59 Å². The van der Waals surface area contributed by atoms with Gasteiger partial charge < -0.3 is 10.2 Å². The van der Waals surface area contributed by atoms with Crippen molar-refractivity contribution in [2.45, 2.75) is 32.7 Å². The monoisotopic (exact) mass is 360 g/mol. The molecule has 1 aromatic carbocycles. The number of nitrogens with zero attached hydrogens (tertiary/aromatic N) is 3. The molecular formula is C18H21ClN4O2. The topological polar surface area (TPSA) is 67.2 Å². The van der Waals surface area contributed by atoms with E-state index in [1.807, 2.05) is 24.0 Å². The Labute approximate surface area is 151 Å². The summed E-state index contributed by atoms with van der Waals surface area (Å²) in [6, 6.07) is 5.04. The van der Waals surface area contributed by atoms with Crippen molar-refractivity contribution in [3.8, 4) is 0 Å². The summed E-state index contributed by atoms with van der Waals surface area (Å²) in [5.74, 6) is -0.159. The number of carbonyl (C=O) groups excluding carboxylic acids is 2. The second-order valence-electron chi connectivity index (χ2n) is 6.20. The Morgan fingerprint density at radius 3 is 2.92 bits per heavy atom. The summed E-state index contributed by atoms with van der Waals surface area (Å²) in [4.78, 5) is 26.2. The molecule has 1 N–H and O–H groups in total. The van der Waals surface area contributed by atoms with Gasteiger partial charge in [0.1, 0.15) is 0 Å². The molecule has 0 spiro atoms. The van der Waals surface area contributed by atoms with Gasteiger partial charge >= 0.3 is 0 Å². The fraction of sp³-hybridized carbons (Fsp3) is 0.389. The van der Waals surface area contributed by atoms with Crippen LogP contribution in [0, 0.1) is 6.92 Å². The average molecular weight is 361 g/mol. The number of nitrogens with one attached hydrogen (secondary N) is 1. The summed E-state index contributed by atoms with van der Waals surface area (Å²) >= 11 is 6.06. The number of rotatable bonds is 6. The number of benzene rings is 1. The van der Waals surface area contributed by atoms with Gasteiger partial charge in [-0.2, -0.15) is 5.10 Å². The molecule has 2 aromatic rings. The normalized spacial score (nSPS) is 14.2. The summed E-state index contributed by atoms with van der Waals surface area (Å²) in [6.45, 7) is 3.89. The van der Waals surface area contributed by atoms with E-state index in [0.29, 0.717) is 35.8 Å². The number of anilines is 1. The first-order valence-electron chi connectivity index (χ1n) is 8.42. The Balaban J connectivity index is 1.62. The molecule has 7 heteroatoms. The number of halogens is 1. The number of amides is 2. The molecule has 0 unspecified atom stereocenters. The van der Waals surface area contributed by atoms with Crippen molar-refractivity contribution in [2.24, 2.45) is 0 Å². The summed E-state index contributed by atoms with van der Waals surface area (Å²) in [6.07, 6.45) is 5.87. The second kappa shape index (κ2) is 7.70. The largest absolute Gasteiger partial charge is 0.352 e. The van der Waals surface area contributed by atoms with Crippen LogP contribution in [0.25, 0.3) is 0 Å². The molecule has 1 aliphatic heterocycles. The lowest BCUT2D eigenvalue weighted by molar-refractivity contribution is -0.117. The van der Waals surface area contributed by atoms with Gasteiger partial charge in [-0.1, -0.05) is 11.6 Å². The van der Waals surface area contributed by atoms with E-state index in [1.165, 1.54) is 0 Å². The van der Waals surface area contributed by atoms with Crippen molar-refractivity contribution >= 4 is 29.1 Å². The molecule has 2 amide bonds. The molecule has 0 atom stereocenters. The van der Waals surface area contributed by atoms with E-state index < -0.39 is 0 Å². The van der Waals surface area contributed by atoms with Crippen LogP contribution in [0.15, 0.2) is 30.6 Å². The van der Waals surface area contributed by atoms with Crippen molar-refractivity contribution < 1.29 is 9.59 Å². The van der Waals surface area contributed by atoms with Gasteiger partial charge in [-0.05, 0) is 43.5 Å². The Bertz CT molecular complexity index is 787. The number of hydrogen-bond donors (Lipinski definition) is 1. The lowest BCUT2D eigenvalue weighted by Gasteiger charge is -2.19. The highest BCUT2D eigenvalue weighted by Gasteiger charge is 2.26. The van der Waals surface area contributed by atoms with Crippen LogP contribution in [0.5, 0.6) is 0 Å². The fourth-order valence-electron chi connectivity index (χ4n) is 2.95. The van der Waals surface area contributed by atoms with E-state index in [-0.39, 0.29) is 11.8 Å². The number of hydrogen-bond acceptors (Lipinski definition) is 3. The molecule has 1 aromatic heterocycles.